The third-order valence-electron chi connectivity index (χ3n) is 6.43. The first-order valence-corrected chi connectivity index (χ1v) is 12.6. The lowest BCUT2D eigenvalue weighted by Crippen LogP contribution is -2.50. The minimum atomic E-state index is -3.60. The molecule has 0 aromatic heterocycles. The van der Waals surface area contributed by atoms with Gasteiger partial charge < -0.3 is 4.74 Å². The van der Waals surface area contributed by atoms with Crippen LogP contribution in [0.2, 0.25) is 0 Å². The number of cyclic esters (lactones) is 1. The molecule has 1 amide bonds. The number of sulfonamides is 1. The van der Waals surface area contributed by atoms with Crippen LogP contribution in [0.1, 0.15) is 18.4 Å². The van der Waals surface area contributed by atoms with E-state index in [1.807, 2.05) is 68.5 Å². The van der Waals surface area contributed by atoms with Gasteiger partial charge in [0.25, 0.3) is 0 Å². The second-order valence-corrected chi connectivity index (χ2v) is 10.5. The Morgan fingerprint density at radius 1 is 0.879 bits per heavy atom. The largest absolute Gasteiger partial charge is 0.444 e. The van der Waals surface area contributed by atoms with Crippen molar-refractivity contribution >= 4 is 35.1 Å². The minimum Gasteiger partial charge on any atom is -0.444 e. The van der Waals surface area contributed by atoms with Crippen LogP contribution in [-0.4, -0.2) is 45.8 Å². The van der Waals surface area contributed by atoms with Gasteiger partial charge in [0.15, 0.2) is 0 Å². The summed E-state index contributed by atoms with van der Waals surface area (Å²) in [6.45, 7) is 0.995. The van der Waals surface area contributed by atoms with Gasteiger partial charge in [-0.2, -0.15) is 4.31 Å². The molecule has 0 spiro atoms. The molecule has 3 aromatic carbocycles. The average Bonchev–Trinajstić information content (AvgIpc) is 2.85. The van der Waals surface area contributed by atoms with Crippen LogP contribution in [0, 0.1) is 0 Å². The molecule has 3 aromatic rings. The van der Waals surface area contributed by atoms with Gasteiger partial charge in [0.05, 0.1) is 10.6 Å². The summed E-state index contributed by atoms with van der Waals surface area (Å²) in [4.78, 5) is 14.6. The lowest BCUT2D eigenvalue weighted by Gasteiger charge is -2.39. The van der Waals surface area contributed by atoms with E-state index in [-0.39, 0.29) is 18.7 Å². The van der Waals surface area contributed by atoms with Gasteiger partial charge in [-0.15, -0.1) is 0 Å². The van der Waals surface area contributed by atoms with E-state index < -0.39 is 10.0 Å². The van der Waals surface area contributed by atoms with Crippen LogP contribution < -0.4 is 10.4 Å². The summed E-state index contributed by atoms with van der Waals surface area (Å²) in [6, 6.07) is 22.8. The molecule has 168 valence electrons. The van der Waals surface area contributed by atoms with Gasteiger partial charge in [0, 0.05) is 24.7 Å². The predicted octanol–water partition coefficient (Wildman–Crippen LogP) is 2.92. The fourth-order valence-corrected chi connectivity index (χ4v) is 6.13. The molecule has 2 heterocycles. The maximum Gasteiger partial charge on any atom is 0.414 e. The zero-order valence-corrected chi connectivity index (χ0v) is 19.3. The Balaban J connectivity index is 1.30. The number of carbonyl (C=O) groups excluding carboxylic acids is 1. The molecule has 0 N–H and O–H groups in total. The van der Waals surface area contributed by atoms with Gasteiger partial charge in [-0.25, -0.2) is 13.2 Å². The molecule has 0 unspecified atom stereocenters. The van der Waals surface area contributed by atoms with Crippen molar-refractivity contribution in [2.24, 2.45) is 0 Å². The van der Waals surface area contributed by atoms with Crippen LogP contribution in [0.5, 0.6) is 0 Å². The van der Waals surface area contributed by atoms with E-state index in [9.17, 15) is 13.2 Å². The first-order chi connectivity index (χ1) is 15.9. The third kappa shape index (κ3) is 4.16. The molecule has 5 rings (SSSR count). The van der Waals surface area contributed by atoms with E-state index in [0.717, 1.165) is 27.8 Å². The molecule has 8 heteroatoms. The molecule has 1 saturated heterocycles. The number of hydrogen-bond acceptors (Lipinski definition) is 4. The van der Waals surface area contributed by atoms with Crippen LogP contribution in [0.4, 0.5) is 10.5 Å². The highest BCUT2D eigenvalue weighted by molar-refractivity contribution is 7.89. The molecular formula is C25H25BN2O4S. The fraction of sp³-hybridized carbons (Fsp3) is 0.240. The van der Waals surface area contributed by atoms with E-state index in [4.69, 9.17) is 4.74 Å². The standard InChI is InChI=1S/C25H25BN2O4S/c26-21-8-11-24-20(16-21)17-32-25(29)28(24)22-12-14-27(15-13-22)33(30,31)23-9-6-19(7-10-23)18-4-2-1-3-5-18/h1-11,16,22H,12-15,17,26H2. The van der Waals surface area contributed by atoms with Gasteiger partial charge in [-0.1, -0.05) is 60.1 Å². The molecule has 6 nitrogen and oxygen atoms in total. The number of nitrogens with zero attached hydrogens (tertiary/aromatic N) is 2. The molecule has 2 aliphatic heterocycles. The lowest BCUT2D eigenvalue weighted by molar-refractivity contribution is 0.136. The van der Waals surface area contributed by atoms with Crippen molar-refractivity contribution in [2.45, 2.75) is 30.4 Å². The number of benzene rings is 3. The van der Waals surface area contributed by atoms with E-state index in [1.165, 1.54) is 4.31 Å². The first kappa shape index (κ1) is 21.7. The van der Waals surface area contributed by atoms with Crippen LogP contribution in [0.25, 0.3) is 11.1 Å². The summed E-state index contributed by atoms with van der Waals surface area (Å²) >= 11 is 0. The van der Waals surface area contributed by atoms with Gasteiger partial charge in [-0.05, 0) is 42.2 Å². The van der Waals surface area contributed by atoms with Gasteiger partial charge in [-0.3, -0.25) is 4.90 Å². The Morgan fingerprint density at radius 3 is 2.24 bits per heavy atom. The molecular weight excluding hydrogens is 435 g/mol. The summed E-state index contributed by atoms with van der Waals surface area (Å²) in [5.41, 5.74) is 5.00. The Morgan fingerprint density at radius 2 is 1.55 bits per heavy atom. The number of anilines is 1. The molecule has 0 aliphatic carbocycles. The van der Waals surface area contributed by atoms with E-state index in [2.05, 4.69) is 0 Å². The summed E-state index contributed by atoms with van der Waals surface area (Å²) in [6.07, 6.45) is 0.761. The zero-order valence-electron chi connectivity index (χ0n) is 18.5. The lowest BCUT2D eigenvalue weighted by atomic mass is 9.92. The second kappa shape index (κ2) is 8.69. The fourth-order valence-electron chi connectivity index (χ4n) is 4.66. The highest BCUT2D eigenvalue weighted by atomic mass is 32.2. The van der Waals surface area contributed by atoms with Crippen molar-refractivity contribution in [2.75, 3.05) is 18.0 Å². The second-order valence-electron chi connectivity index (χ2n) is 8.58. The third-order valence-corrected chi connectivity index (χ3v) is 8.34. The van der Waals surface area contributed by atoms with Gasteiger partial charge >= 0.3 is 6.09 Å². The maximum atomic E-state index is 13.2. The van der Waals surface area contributed by atoms with Crippen LogP contribution >= 0.6 is 0 Å². The summed E-state index contributed by atoms with van der Waals surface area (Å²) in [5.74, 6) is 0. The minimum absolute atomic E-state index is 0.0915. The topological polar surface area (TPSA) is 66.9 Å². The van der Waals surface area contributed by atoms with Crippen molar-refractivity contribution in [3.05, 3.63) is 78.4 Å². The molecule has 2 aliphatic rings. The van der Waals surface area contributed by atoms with E-state index in [1.54, 1.807) is 17.0 Å². The number of piperidine rings is 1. The average molecular weight is 460 g/mol. The normalized spacial score (nSPS) is 17.5. The number of hydrogen-bond donors (Lipinski definition) is 0. The predicted molar refractivity (Wildman–Crippen MR) is 131 cm³/mol. The van der Waals surface area contributed by atoms with Gasteiger partial charge in [0.2, 0.25) is 10.0 Å². The molecule has 1 fully saturated rings. The van der Waals surface area contributed by atoms with Crippen molar-refractivity contribution in [1.29, 1.82) is 0 Å². The van der Waals surface area contributed by atoms with Crippen molar-refractivity contribution in [1.82, 2.24) is 4.31 Å². The molecule has 33 heavy (non-hydrogen) atoms. The summed E-state index contributed by atoms with van der Waals surface area (Å²) < 4.78 is 33.4. The highest BCUT2D eigenvalue weighted by Crippen LogP contribution is 2.32. The number of amides is 1. The molecule has 0 saturated carbocycles. The van der Waals surface area contributed by atoms with Crippen molar-refractivity contribution < 1.29 is 17.9 Å². The first-order valence-electron chi connectivity index (χ1n) is 11.1. The van der Waals surface area contributed by atoms with E-state index in [0.29, 0.717) is 30.8 Å². The smallest absolute Gasteiger partial charge is 0.414 e. The number of rotatable bonds is 4. The van der Waals surface area contributed by atoms with Gasteiger partial charge in [0.1, 0.15) is 14.5 Å². The summed E-state index contributed by atoms with van der Waals surface area (Å²) in [7, 11) is -1.59. The summed E-state index contributed by atoms with van der Waals surface area (Å²) in [5, 5.41) is 0. The van der Waals surface area contributed by atoms with Crippen molar-refractivity contribution in [3.8, 4) is 11.1 Å². The quantitative estimate of drug-likeness (QED) is 0.562. The highest BCUT2D eigenvalue weighted by Gasteiger charge is 2.37. The zero-order chi connectivity index (χ0) is 23.0. The Labute approximate surface area is 195 Å². The SMILES string of the molecule is Bc1ccc2c(c1)COC(=O)N2C1CCN(S(=O)(=O)c2ccc(-c3ccccc3)cc2)CC1. The Kier molecular flexibility index (Phi) is 5.72. The number of carbonyl (C=O) groups is 1. The van der Waals surface area contributed by atoms with E-state index >= 15 is 0 Å². The Hall–Kier alpha value is -3.10. The molecule has 0 atom stereocenters. The molecule has 0 radical (unpaired) electrons. The Bertz CT molecular complexity index is 1270. The number of ether oxygens (including phenoxy) is 1. The van der Waals surface area contributed by atoms with Crippen LogP contribution in [0.15, 0.2) is 77.7 Å². The van der Waals surface area contributed by atoms with Crippen molar-refractivity contribution in [3.63, 3.8) is 0 Å². The van der Waals surface area contributed by atoms with Crippen LogP contribution in [-0.2, 0) is 21.4 Å². The monoisotopic (exact) mass is 460 g/mol. The maximum absolute atomic E-state index is 13.2. The van der Waals surface area contributed by atoms with Crippen LogP contribution in [0.3, 0.4) is 0 Å². The molecule has 0 bridgehead atoms. The number of fused-ring (bicyclic) bond motifs is 1.